The van der Waals surface area contributed by atoms with Crippen molar-refractivity contribution < 1.29 is 4.39 Å². The van der Waals surface area contributed by atoms with E-state index in [0.717, 1.165) is 12.0 Å². The fraction of sp³-hybridized carbons (Fsp3) is 0.600. The second-order valence-corrected chi connectivity index (χ2v) is 5.44. The third-order valence-electron chi connectivity index (χ3n) is 4.63. The Morgan fingerprint density at radius 1 is 1.33 bits per heavy atom. The smallest absolute Gasteiger partial charge is 0.126 e. The van der Waals surface area contributed by atoms with E-state index in [2.05, 4.69) is 12.3 Å². The Morgan fingerprint density at radius 3 is 2.56 bits per heavy atom. The van der Waals surface area contributed by atoms with Crippen molar-refractivity contribution in [3.05, 3.63) is 35.6 Å². The molecule has 1 saturated carbocycles. The van der Waals surface area contributed by atoms with Gasteiger partial charge in [-0.3, -0.25) is 11.3 Å². The van der Waals surface area contributed by atoms with Crippen LogP contribution in [-0.2, 0) is 6.42 Å². The largest absolute Gasteiger partial charge is 0.271 e. The third kappa shape index (κ3) is 2.57. The fourth-order valence-corrected chi connectivity index (χ4v) is 3.36. The van der Waals surface area contributed by atoms with Crippen LogP contribution in [0.1, 0.15) is 44.6 Å². The standard InChI is InChI=1S/C15H23FN2/c1-2-15(9-5-6-10-15)14(18-17)11-12-7-3-4-8-13(12)16/h3-4,7-8,14,18H,2,5-6,9-11,17H2,1H3. The zero-order valence-electron chi connectivity index (χ0n) is 11.1. The average Bonchev–Trinajstić information content (AvgIpc) is 2.88. The Morgan fingerprint density at radius 2 is 2.00 bits per heavy atom. The molecule has 3 N–H and O–H groups in total. The summed E-state index contributed by atoms with van der Waals surface area (Å²) in [5, 5.41) is 0. The molecule has 0 amide bonds. The van der Waals surface area contributed by atoms with Crippen LogP contribution in [-0.4, -0.2) is 6.04 Å². The van der Waals surface area contributed by atoms with Crippen LogP contribution in [0, 0.1) is 11.2 Å². The van der Waals surface area contributed by atoms with Crippen molar-refractivity contribution in [3.8, 4) is 0 Å². The van der Waals surface area contributed by atoms with E-state index in [9.17, 15) is 4.39 Å². The van der Waals surface area contributed by atoms with E-state index in [1.165, 1.54) is 31.7 Å². The van der Waals surface area contributed by atoms with E-state index in [0.29, 0.717) is 6.42 Å². The molecule has 1 aliphatic rings. The lowest BCUT2D eigenvalue weighted by atomic mass is 9.74. The molecule has 3 heteroatoms. The van der Waals surface area contributed by atoms with Crippen molar-refractivity contribution in [2.24, 2.45) is 11.3 Å². The summed E-state index contributed by atoms with van der Waals surface area (Å²) in [7, 11) is 0. The Hall–Kier alpha value is -0.930. The molecule has 0 spiro atoms. The van der Waals surface area contributed by atoms with Crippen LogP contribution < -0.4 is 11.3 Å². The topological polar surface area (TPSA) is 38.0 Å². The van der Waals surface area contributed by atoms with Gasteiger partial charge in [0.1, 0.15) is 5.82 Å². The van der Waals surface area contributed by atoms with Gasteiger partial charge in [0.2, 0.25) is 0 Å². The van der Waals surface area contributed by atoms with Crippen molar-refractivity contribution in [1.82, 2.24) is 5.43 Å². The van der Waals surface area contributed by atoms with Crippen LogP contribution in [0.25, 0.3) is 0 Å². The molecule has 1 aromatic carbocycles. The molecular formula is C15H23FN2. The number of nitrogens with two attached hydrogens (primary N) is 1. The molecule has 1 aromatic rings. The molecule has 2 nitrogen and oxygen atoms in total. The van der Waals surface area contributed by atoms with Crippen LogP contribution >= 0.6 is 0 Å². The fourth-order valence-electron chi connectivity index (χ4n) is 3.36. The van der Waals surface area contributed by atoms with Gasteiger partial charge in [-0.25, -0.2) is 4.39 Å². The van der Waals surface area contributed by atoms with Gasteiger partial charge >= 0.3 is 0 Å². The quantitative estimate of drug-likeness (QED) is 0.622. The van der Waals surface area contributed by atoms with Crippen molar-refractivity contribution in [2.75, 3.05) is 0 Å². The van der Waals surface area contributed by atoms with Crippen LogP contribution in [0.4, 0.5) is 4.39 Å². The maximum Gasteiger partial charge on any atom is 0.126 e. The van der Waals surface area contributed by atoms with Crippen molar-refractivity contribution in [1.29, 1.82) is 0 Å². The van der Waals surface area contributed by atoms with Gasteiger partial charge in [-0.15, -0.1) is 0 Å². The number of nitrogens with one attached hydrogen (secondary N) is 1. The summed E-state index contributed by atoms with van der Waals surface area (Å²) in [4.78, 5) is 0. The summed E-state index contributed by atoms with van der Waals surface area (Å²) in [6.45, 7) is 2.22. The molecule has 18 heavy (non-hydrogen) atoms. The van der Waals surface area contributed by atoms with E-state index < -0.39 is 0 Å². The summed E-state index contributed by atoms with van der Waals surface area (Å²) in [6, 6.07) is 7.17. The third-order valence-corrected chi connectivity index (χ3v) is 4.63. The molecule has 0 aromatic heterocycles. The Kier molecular flexibility index (Phi) is 4.36. The first-order chi connectivity index (χ1) is 8.72. The first kappa shape index (κ1) is 13.5. The monoisotopic (exact) mass is 250 g/mol. The van der Waals surface area contributed by atoms with Gasteiger partial charge in [0.05, 0.1) is 0 Å². The van der Waals surface area contributed by atoms with Crippen LogP contribution in [0.3, 0.4) is 0 Å². The van der Waals surface area contributed by atoms with Gasteiger partial charge in [-0.05, 0) is 42.7 Å². The maximum absolute atomic E-state index is 13.7. The van der Waals surface area contributed by atoms with Gasteiger partial charge in [-0.2, -0.15) is 0 Å². The molecule has 0 heterocycles. The molecule has 1 fully saturated rings. The highest BCUT2D eigenvalue weighted by atomic mass is 19.1. The number of halogens is 1. The number of hydrazine groups is 1. The van der Waals surface area contributed by atoms with Crippen LogP contribution in [0.5, 0.6) is 0 Å². The van der Waals surface area contributed by atoms with Gasteiger partial charge in [0.15, 0.2) is 0 Å². The highest BCUT2D eigenvalue weighted by molar-refractivity contribution is 5.19. The predicted octanol–water partition coefficient (Wildman–Crippen LogP) is 3.17. The maximum atomic E-state index is 13.7. The first-order valence-electron chi connectivity index (χ1n) is 6.91. The molecule has 0 saturated heterocycles. The lowest BCUT2D eigenvalue weighted by molar-refractivity contribution is 0.184. The summed E-state index contributed by atoms with van der Waals surface area (Å²) in [6.07, 6.45) is 6.72. The zero-order valence-corrected chi connectivity index (χ0v) is 11.1. The lowest BCUT2D eigenvalue weighted by Gasteiger charge is -2.36. The van der Waals surface area contributed by atoms with Gasteiger partial charge in [0, 0.05) is 6.04 Å². The predicted molar refractivity (Wildman–Crippen MR) is 72.4 cm³/mol. The number of hydrogen-bond acceptors (Lipinski definition) is 2. The van der Waals surface area contributed by atoms with E-state index in [-0.39, 0.29) is 17.3 Å². The highest BCUT2D eigenvalue weighted by Crippen LogP contribution is 2.44. The van der Waals surface area contributed by atoms with E-state index >= 15 is 0 Å². The summed E-state index contributed by atoms with van der Waals surface area (Å²) in [5.41, 5.74) is 3.96. The van der Waals surface area contributed by atoms with Crippen molar-refractivity contribution in [3.63, 3.8) is 0 Å². The number of hydrogen-bond donors (Lipinski definition) is 2. The molecule has 2 rings (SSSR count). The Balaban J connectivity index is 2.16. The van der Waals surface area contributed by atoms with Crippen LogP contribution in [0.15, 0.2) is 24.3 Å². The second-order valence-electron chi connectivity index (χ2n) is 5.44. The Bertz CT molecular complexity index is 386. The zero-order chi connectivity index (χ0) is 13.0. The van der Waals surface area contributed by atoms with E-state index in [1.54, 1.807) is 6.07 Å². The minimum Gasteiger partial charge on any atom is -0.271 e. The average molecular weight is 250 g/mol. The van der Waals surface area contributed by atoms with E-state index in [4.69, 9.17) is 5.84 Å². The molecule has 1 aliphatic carbocycles. The normalized spacial score (nSPS) is 19.9. The highest BCUT2D eigenvalue weighted by Gasteiger charge is 2.39. The minimum atomic E-state index is -0.123. The number of benzene rings is 1. The molecule has 100 valence electrons. The lowest BCUT2D eigenvalue weighted by Crippen LogP contribution is -2.48. The van der Waals surface area contributed by atoms with Crippen molar-refractivity contribution >= 4 is 0 Å². The first-order valence-corrected chi connectivity index (χ1v) is 6.91. The van der Waals surface area contributed by atoms with Crippen molar-refractivity contribution in [2.45, 2.75) is 51.5 Å². The van der Waals surface area contributed by atoms with E-state index in [1.807, 2.05) is 12.1 Å². The molecule has 0 radical (unpaired) electrons. The van der Waals surface area contributed by atoms with Crippen LogP contribution in [0.2, 0.25) is 0 Å². The summed E-state index contributed by atoms with van der Waals surface area (Å²) in [5.74, 6) is 5.62. The molecule has 1 atom stereocenters. The second kappa shape index (κ2) is 5.81. The van der Waals surface area contributed by atoms with Gasteiger partial charge in [0.25, 0.3) is 0 Å². The molecule has 1 unspecified atom stereocenters. The molecular weight excluding hydrogens is 227 g/mol. The Labute approximate surface area is 109 Å². The minimum absolute atomic E-state index is 0.123. The van der Waals surface area contributed by atoms with Gasteiger partial charge < -0.3 is 0 Å². The molecule has 0 bridgehead atoms. The van der Waals surface area contributed by atoms with Gasteiger partial charge in [-0.1, -0.05) is 38.0 Å². The SMILES string of the molecule is CCC1(C(Cc2ccccc2F)NN)CCCC1. The number of rotatable bonds is 5. The molecule has 0 aliphatic heterocycles. The summed E-state index contributed by atoms with van der Waals surface area (Å²) >= 11 is 0. The summed E-state index contributed by atoms with van der Waals surface area (Å²) < 4.78 is 13.7.